The zero-order valence-corrected chi connectivity index (χ0v) is 20.6. The van der Waals surface area contributed by atoms with Crippen LogP contribution < -0.4 is 5.32 Å². The molecule has 2 N–H and O–H groups in total. The normalized spacial score (nSPS) is 12.1. The highest BCUT2D eigenvalue weighted by Gasteiger charge is 2.39. The largest absolute Gasteiger partial charge is 0.480 e. The van der Waals surface area contributed by atoms with Gasteiger partial charge in [0.05, 0.1) is 5.41 Å². The fourth-order valence-electron chi connectivity index (χ4n) is 5.04. The number of rotatable bonds is 9. The van der Waals surface area contributed by atoms with E-state index in [1.165, 1.54) is 0 Å². The van der Waals surface area contributed by atoms with Crippen molar-refractivity contribution in [3.05, 3.63) is 143 Å². The van der Waals surface area contributed by atoms with E-state index < -0.39 is 17.4 Å². The molecule has 4 aromatic rings. The van der Waals surface area contributed by atoms with Gasteiger partial charge >= 0.3 is 5.97 Å². The van der Waals surface area contributed by atoms with E-state index in [1.807, 2.05) is 123 Å². The van der Waals surface area contributed by atoms with Crippen LogP contribution in [0, 0.1) is 13.8 Å². The third-order valence-corrected chi connectivity index (χ3v) is 6.91. The number of nitrogens with one attached hydrogen (secondary N) is 1. The lowest BCUT2D eigenvalue weighted by atomic mass is 9.67. The molecule has 0 heterocycles. The van der Waals surface area contributed by atoms with Crippen molar-refractivity contribution in [1.82, 2.24) is 5.32 Å². The summed E-state index contributed by atoms with van der Waals surface area (Å²) in [6.07, 6.45) is 0.302. The predicted molar refractivity (Wildman–Crippen MR) is 143 cm³/mol. The maximum absolute atomic E-state index is 13.7. The molecule has 0 saturated carbocycles. The summed E-state index contributed by atoms with van der Waals surface area (Å²) < 4.78 is 0. The van der Waals surface area contributed by atoms with E-state index in [-0.39, 0.29) is 18.7 Å². The van der Waals surface area contributed by atoms with Crippen molar-refractivity contribution in [2.24, 2.45) is 0 Å². The lowest BCUT2D eigenvalue weighted by molar-refractivity contribution is -0.141. The second kappa shape index (κ2) is 11.0. The number of amides is 1. The van der Waals surface area contributed by atoms with Crippen LogP contribution in [0.4, 0.5) is 0 Å². The molecule has 0 aliphatic rings. The van der Waals surface area contributed by atoms with E-state index in [2.05, 4.69) is 5.32 Å². The first-order valence-corrected chi connectivity index (χ1v) is 12.2. The number of aliphatic carboxylic acids is 1. The van der Waals surface area contributed by atoms with Crippen LogP contribution >= 0.6 is 0 Å². The van der Waals surface area contributed by atoms with E-state index in [0.29, 0.717) is 0 Å². The van der Waals surface area contributed by atoms with E-state index in [1.54, 1.807) is 0 Å². The maximum atomic E-state index is 13.7. The Hall–Kier alpha value is -4.18. The molecular weight excluding hydrogens is 446 g/mol. The molecule has 1 amide bonds. The average Bonchev–Trinajstić information content (AvgIpc) is 2.90. The molecular formula is C32H31NO3. The van der Waals surface area contributed by atoms with Gasteiger partial charge < -0.3 is 10.4 Å². The van der Waals surface area contributed by atoms with Crippen molar-refractivity contribution in [1.29, 1.82) is 0 Å². The fraction of sp³-hybridized carbons (Fsp3) is 0.188. The fourth-order valence-corrected chi connectivity index (χ4v) is 5.04. The number of carbonyl (C=O) groups is 2. The second-order valence-corrected chi connectivity index (χ2v) is 9.21. The molecule has 4 nitrogen and oxygen atoms in total. The minimum atomic E-state index is -1.05. The van der Waals surface area contributed by atoms with Gasteiger partial charge in [-0.15, -0.1) is 0 Å². The molecule has 1 atom stereocenters. The van der Waals surface area contributed by atoms with Crippen LogP contribution in [0.25, 0.3) is 0 Å². The molecule has 36 heavy (non-hydrogen) atoms. The van der Waals surface area contributed by atoms with Gasteiger partial charge in [-0.2, -0.15) is 0 Å². The number of benzene rings is 4. The third kappa shape index (κ3) is 5.23. The summed E-state index contributed by atoms with van der Waals surface area (Å²) in [6, 6.07) is 34.7. The molecule has 0 spiro atoms. The summed E-state index contributed by atoms with van der Waals surface area (Å²) in [7, 11) is 0. The van der Waals surface area contributed by atoms with E-state index in [4.69, 9.17) is 0 Å². The Morgan fingerprint density at radius 1 is 0.694 bits per heavy atom. The first-order chi connectivity index (χ1) is 17.4. The molecule has 0 bridgehead atoms. The van der Waals surface area contributed by atoms with Gasteiger partial charge in [-0.05, 0) is 47.2 Å². The molecule has 0 radical (unpaired) electrons. The Morgan fingerprint density at radius 3 is 1.50 bits per heavy atom. The lowest BCUT2D eigenvalue weighted by Crippen LogP contribution is -2.45. The van der Waals surface area contributed by atoms with Crippen molar-refractivity contribution in [2.45, 2.75) is 38.1 Å². The van der Waals surface area contributed by atoms with Gasteiger partial charge in [0.2, 0.25) is 5.91 Å². The third-order valence-electron chi connectivity index (χ3n) is 6.91. The van der Waals surface area contributed by atoms with Gasteiger partial charge in [0.1, 0.15) is 6.04 Å². The molecule has 0 aromatic heterocycles. The highest BCUT2D eigenvalue weighted by atomic mass is 16.4. The van der Waals surface area contributed by atoms with E-state index in [9.17, 15) is 14.7 Å². The van der Waals surface area contributed by atoms with Crippen molar-refractivity contribution >= 4 is 11.9 Å². The smallest absolute Gasteiger partial charge is 0.326 e. The zero-order chi connectivity index (χ0) is 25.5. The van der Waals surface area contributed by atoms with Crippen LogP contribution in [0.1, 0.15) is 39.8 Å². The number of hydrogen-bond acceptors (Lipinski definition) is 2. The van der Waals surface area contributed by atoms with E-state index >= 15 is 0 Å². The van der Waals surface area contributed by atoms with E-state index in [0.717, 1.165) is 33.4 Å². The molecule has 0 saturated heterocycles. The van der Waals surface area contributed by atoms with Crippen molar-refractivity contribution in [3.63, 3.8) is 0 Å². The standard InChI is InChI=1S/C32H31NO3/c1-23-13-12-14-24(2)28(23)21-29(31(35)36)33-30(34)22-32(25-15-6-3-7-16-25,26-17-8-4-9-18-26)27-19-10-5-11-20-27/h3-20,29H,21-22H2,1-2H3,(H,33,34)(H,35,36)/t29-/m1/s1. The Kier molecular flexibility index (Phi) is 7.65. The minimum absolute atomic E-state index is 0.0710. The summed E-state index contributed by atoms with van der Waals surface area (Å²) in [5.41, 5.74) is 5.11. The Balaban J connectivity index is 1.74. The van der Waals surface area contributed by atoms with Crippen LogP contribution in [0.15, 0.2) is 109 Å². The van der Waals surface area contributed by atoms with Gasteiger partial charge in [-0.25, -0.2) is 4.79 Å². The summed E-state index contributed by atoms with van der Waals surface area (Å²) in [5, 5.41) is 12.8. The number of aryl methyl sites for hydroxylation is 2. The molecule has 4 heteroatoms. The minimum Gasteiger partial charge on any atom is -0.480 e. The van der Waals surface area contributed by atoms with Gasteiger partial charge in [0, 0.05) is 12.8 Å². The lowest BCUT2D eigenvalue weighted by Gasteiger charge is -2.36. The second-order valence-electron chi connectivity index (χ2n) is 9.21. The zero-order valence-electron chi connectivity index (χ0n) is 20.6. The number of carboxylic acid groups (broad SMARTS) is 1. The molecule has 0 unspecified atom stereocenters. The summed E-state index contributed by atoms with van der Waals surface area (Å²) in [5.74, 6) is -1.36. The first kappa shape index (κ1) is 24.9. The molecule has 4 aromatic carbocycles. The summed E-state index contributed by atoms with van der Waals surface area (Å²) in [4.78, 5) is 25.9. The van der Waals surface area contributed by atoms with Crippen LogP contribution in [-0.4, -0.2) is 23.0 Å². The summed E-state index contributed by atoms with van der Waals surface area (Å²) in [6.45, 7) is 3.93. The maximum Gasteiger partial charge on any atom is 0.326 e. The van der Waals surface area contributed by atoms with Gasteiger partial charge in [0.15, 0.2) is 0 Å². The monoisotopic (exact) mass is 477 g/mol. The van der Waals surface area contributed by atoms with Crippen molar-refractivity contribution in [2.75, 3.05) is 0 Å². The Bertz CT molecular complexity index is 1200. The highest BCUT2D eigenvalue weighted by Crippen LogP contribution is 2.42. The SMILES string of the molecule is Cc1cccc(C)c1C[C@@H](NC(=O)CC(c1ccccc1)(c1ccccc1)c1ccccc1)C(=O)O. The van der Waals surface area contributed by atoms with Crippen LogP contribution in [0.3, 0.4) is 0 Å². The first-order valence-electron chi connectivity index (χ1n) is 12.2. The molecule has 0 aliphatic carbocycles. The number of hydrogen-bond donors (Lipinski definition) is 2. The van der Waals surface area contributed by atoms with Gasteiger partial charge in [0.25, 0.3) is 0 Å². The molecule has 4 rings (SSSR count). The summed E-state index contributed by atoms with van der Waals surface area (Å²) >= 11 is 0. The topological polar surface area (TPSA) is 66.4 Å². The Morgan fingerprint density at radius 2 is 1.11 bits per heavy atom. The van der Waals surface area contributed by atoms with Crippen molar-refractivity contribution < 1.29 is 14.7 Å². The van der Waals surface area contributed by atoms with Crippen LogP contribution in [-0.2, 0) is 21.4 Å². The quantitative estimate of drug-likeness (QED) is 0.298. The molecule has 182 valence electrons. The van der Waals surface area contributed by atoms with Gasteiger partial charge in [-0.3, -0.25) is 4.79 Å². The Labute approximate surface area is 212 Å². The molecule has 0 aliphatic heterocycles. The average molecular weight is 478 g/mol. The van der Waals surface area contributed by atoms with Crippen molar-refractivity contribution in [3.8, 4) is 0 Å². The van der Waals surface area contributed by atoms with Crippen LogP contribution in [0.5, 0.6) is 0 Å². The van der Waals surface area contributed by atoms with Crippen LogP contribution in [0.2, 0.25) is 0 Å². The molecule has 0 fully saturated rings. The number of carbonyl (C=O) groups excluding carboxylic acids is 1. The number of carboxylic acids is 1. The highest BCUT2D eigenvalue weighted by molar-refractivity contribution is 5.86. The van der Waals surface area contributed by atoms with Gasteiger partial charge in [-0.1, -0.05) is 109 Å². The predicted octanol–water partition coefficient (Wildman–Crippen LogP) is 5.84.